The van der Waals surface area contributed by atoms with Crippen molar-refractivity contribution in [3.63, 3.8) is 0 Å². The van der Waals surface area contributed by atoms with Crippen LogP contribution in [0, 0.1) is 0 Å². The van der Waals surface area contributed by atoms with Gasteiger partial charge in [-0.05, 0) is 42.0 Å². The van der Waals surface area contributed by atoms with E-state index < -0.39 is 22.5 Å². The molecule has 9 nitrogen and oxygen atoms in total. The molecule has 0 bridgehead atoms. The monoisotopic (exact) mass is 454 g/mol. The van der Waals surface area contributed by atoms with Gasteiger partial charge in [-0.25, -0.2) is 13.8 Å². The molecule has 0 saturated carbocycles. The van der Waals surface area contributed by atoms with Gasteiger partial charge in [-0.3, -0.25) is 14.1 Å². The lowest BCUT2D eigenvalue weighted by molar-refractivity contribution is -0.119. The van der Waals surface area contributed by atoms with Crippen LogP contribution >= 0.6 is 0 Å². The fraction of sp³-hybridized carbons (Fsp3) is 0.136. The molecule has 1 heterocycles. The number of methoxy groups -OCH3 is 2. The van der Waals surface area contributed by atoms with E-state index in [0.29, 0.717) is 11.5 Å². The molecule has 10 heteroatoms. The van der Waals surface area contributed by atoms with Crippen molar-refractivity contribution >= 4 is 27.8 Å². The van der Waals surface area contributed by atoms with Crippen molar-refractivity contribution in [3.05, 3.63) is 78.6 Å². The summed E-state index contributed by atoms with van der Waals surface area (Å²) in [6, 6.07) is 15.9. The number of benzene rings is 2. The van der Waals surface area contributed by atoms with Gasteiger partial charge in [0, 0.05) is 18.5 Å². The second-order valence-electron chi connectivity index (χ2n) is 6.44. The third-order valence-corrected chi connectivity index (χ3v) is 6.17. The van der Waals surface area contributed by atoms with Crippen LogP contribution in [0.4, 0.5) is 5.69 Å². The first-order valence-corrected chi connectivity index (χ1v) is 10.9. The highest BCUT2D eigenvalue weighted by Crippen LogP contribution is 2.33. The van der Waals surface area contributed by atoms with Crippen LogP contribution in [0.1, 0.15) is 5.56 Å². The van der Waals surface area contributed by atoms with Gasteiger partial charge in [0.15, 0.2) is 11.5 Å². The van der Waals surface area contributed by atoms with E-state index in [1.54, 1.807) is 48.8 Å². The lowest BCUT2D eigenvalue weighted by Gasteiger charge is -2.24. The van der Waals surface area contributed by atoms with Crippen molar-refractivity contribution < 1.29 is 22.7 Å². The molecule has 1 N–H and O–H groups in total. The fourth-order valence-corrected chi connectivity index (χ4v) is 4.24. The number of hydrogen-bond acceptors (Lipinski definition) is 7. The highest BCUT2D eigenvalue weighted by Gasteiger charge is 2.28. The van der Waals surface area contributed by atoms with Gasteiger partial charge >= 0.3 is 0 Å². The second kappa shape index (κ2) is 10.4. The highest BCUT2D eigenvalue weighted by atomic mass is 32.2. The number of carbonyl (C=O) groups is 1. The van der Waals surface area contributed by atoms with Crippen LogP contribution in [0.3, 0.4) is 0 Å². The van der Waals surface area contributed by atoms with E-state index in [-0.39, 0.29) is 10.6 Å². The third kappa shape index (κ3) is 5.41. The Kier molecular flexibility index (Phi) is 7.40. The Morgan fingerprint density at radius 2 is 1.72 bits per heavy atom. The zero-order chi connectivity index (χ0) is 23.0. The molecule has 0 unspecified atom stereocenters. The molecule has 0 spiro atoms. The first kappa shape index (κ1) is 22.8. The number of ether oxygens (including phenoxy) is 2. The zero-order valence-corrected chi connectivity index (χ0v) is 18.3. The van der Waals surface area contributed by atoms with Gasteiger partial charge in [0.2, 0.25) is 0 Å². The van der Waals surface area contributed by atoms with E-state index in [4.69, 9.17) is 9.47 Å². The number of nitrogens with one attached hydrogen (secondary N) is 1. The minimum atomic E-state index is -4.05. The molecule has 3 rings (SSSR count). The number of amides is 1. The van der Waals surface area contributed by atoms with Crippen LogP contribution in [0.2, 0.25) is 0 Å². The minimum Gasteiger partial charge on any atom is -0.493 e. The van der Waals surface area contributed by atoms with Crippen molar-refractivity contribution in [1.82, 2.24) is 10.4 Å². The van der Waals surface area contributed by atoms with Crippen molar-refractivity contribution in [3.8, 4) is 11.5 Å². The maximum Gasteiger partial charge on any atom is 0.264 e. The lowest BCUT2D eigenvalue weighted by atomic mass is 10.2. The molecule has 0 saturated heterocycles. The van der Waals surface area contributed by atoms with Crippen LogP contribution in [0.25, 0.3) is 0 Å². The molecule has 1 aromatic heterocycles. The van der Waals surface area contributed by atoms with Crippen LogP contribution in [0.15, 0.2) is 83.1 Å². The number of anilines is 1. The number of carbonyl (C=O) groups excluding carboxylic acids is 1. The van der Waals surface area contributed by atoms with Gasteiger partial charge in [-0.2, -0.15) is 5.10 Å². The fourth-order valence-electron chi connectivity index (χ4n) is 2.81. The summed E-state index contributed by atoms with van der Waals surface area (Å²) in [4.78, 5) is 16.5. The number of hydrogen-bond donors (Lipinski definition) is 1. The molecule has 0 fully saturated rings. The standard InChI is InChI=1S/C22H22N4O5S/c1-30-20-9-8-18(14-21(20)31-2)26(32(28,29)19-6-4-3-5-7-19)16-22(27)25-24-15-17-10-12-23-13-11-17/h3-15H,16H2,1-2H3,(H,25,27)/b24-15-. The van der Waals surface area contributed by atoms with E-state index in [0.717, 1.165) is 9.87 Å². The summed E-state index contributed by atoms with van der Waals surface area (Å²) in [7, 11) is -1.14. The summed E-state index contributed by atoms with van der Waals surface area (Å²) in [5.41, 5.74) is 3.32. The van der Waals surface area contributed by atoms with Crippen LogP contribution < -0.4 is 19.2 Å². The summed E-state index contributed by atoms with van der Waals surface area (Å²) in [5.74, 6) is 0.138. The van der Waals surface area contributed by atoms with Crippen LogP contribution in [0.5, 0.6) is 11.5 Å². The predicted molar refractivity (Wildman–Crippen MR) is 120 cm³/mol. The molecule has 0 aliphatic heterocycles. The normalized spacial score (nSPS) is 11.2. The molecule has 0 radical (unpaired) electrons. The van der Waals surface area contributed by atoms with E-state index in [9.17, 15) is 13.2 Å². The van der Waals surface area contributed by atoms with Gasteiger partial charge in [0.05, 0.1) is 31.0 Å². The molecular formula is C22H22N4O5S. The van der Waals surface area contributed by atoms with Gasteiger partial charge in [0.1, 0.15) is 6.54 Å². The van der Waals surface area contributed by atoms with Crippen molar-refractivity contribution in [2.75, 3.05) is 25.1 Å². The van der Waals surface area contributed by atoms with E-state index >= 15 is 0 Å². The Bertz CT molecular complexity index is 1190. The van der Waals surface area contributed by atoms with Crippen molar-refractivity contribution in [1.29, 1.82) is 0 Å². The molecule has 0 aliphatic carbocycles. The number of hydrazone groups is 1. The summed E-state index contributed by atoms with van der Waals surface area (Å²) in [5, 5.41) is 3.89. The minimum absolute atomic E-state index is 0.0443. The number of rotatable bonds is 9. The summed E-state index contributed by atoms with van der Waals surface area (Å²) < 4.78 is 38.2. The third-order valence-electron chi connectivity index (χ3n) is 4.38. The first-order chi connectivity index (χ1) is 15.5. The maximum atomic E-state index is 13.3. The summed E-state index contributed by atoms with van der Waals surface area (Å²) in [6.07, 6.45) is 4.62. The van der Waals surface area contributed by atoms with Gasteiger partial charge in [-0.15, -0.1) is 0 Å². The molecule has 166 valence electrons. The van der Waals surface area contributed by atoms with E-state index in [2.05, 4.69) is 15.5 Å². The Balaban J connectivity index is 1.90. The van der Waals surface area contributed by atoms with Crippen molar-refractivity contribution in [2.45, 2.75) is 4.90 Å². The molecular weight excluding hydrogens is 432 g/mol. The molecule has 0 atom stereocenters. The second-order valence-corrected chi connectivity index (χ2v) is 8.30. The first-order valence-electron chi connectivity index (χ1n) is 9.47. The number of aromatic nitrogens is 1. The largest absolute Gasteiger partial charge is 0.493 e. The molecule has 2 aromatic carbocycles. The van der Waals surface area contributed by atoms with Gasteiger partial charge in [-0.1, -0.05) is 18.2 Å². The average molecular weight is 455 g/mol. The molecule has 0 aliphatic rings. The smallest absolute Gasteiger partial charge is 0.264 e. The number of nitrogens with zero attached hydrogens (tertiary/aromatic N) is 3. The Hall–Kier alpha value is -3.92. The SMILES string of the molecule is COc1ccc(N(CC(=O)N/N=C\c2ccncc2)S(=O)(=O)c2ccccc2)cc1OC. The Morgan fingerprint density at radius 1 is 1.03 bits per heavy atom. The lowest BCUT2D eigenvalue weighted by Crippen LogP contribution is -2.39. The van der Waals surface area contributed by atoms with E-state index in [1.807, 2.05) is 0 Å². The maximum absolute atomic E-state index is 13.3. The number of sulfonamides is 1. The van der Waals surface area contributed by atoms with Crippen LogP contribution in [-0.2, 0) is 14.8 Å². The van der Waals surface area contributed by atoms with Gasteiger partial charge in [0.25, 0.3) is 15.9 Å². The average Bonchev–Trinajstić information content (AvgIpc) is 2.83. The predicted octanol–water partition coefficient (Wildman–Crippen LogP) is 2.44. The number of pyridine rings is 1. The Morgan fingerprint density at radius 3 is 2.38 bits per heavy atom. The van der Waals surface area contributed by atoms with Gasteiger partial charge < -0.3 is 9.47 Å². The molecule has 3 aromatic rings. The Labute approximate surface area is 186 Å². The zero-order valence-electron chi connectivity index (χ0n) is 17.5. The molecule has 32 heavy (non-hydrogen) atoms. The quantitative estimate of drug-likeness (QED) is 0.393. The topological polar surface area (TPSA) is 110 Å². The molecule has 1 amide bonds. The highest BCUT2D eigenvalue weighted by molar-refractivity contribution is 7.92. The van der Waals surface area contributed by atoms with E-state index in [1.165, 1.54) is 44.7 Å². The van der Waals surface area contributed by atoms with Crippen molar-refractivity contribution in [2.24, 2.45) is 5.10 Å². The van der Waals surface area contributed by atoms with Crippen LogP contribution in [-0.4, -0.2) is 46.3 Å². The summed E-state index contributed by atoms with van der Waals surface area (Å²) >= 11 is 0. The summed E-state index contributed by atoms with van der Waals surface area (Å²) in [6.45, 7) is -0.500.